The second-order valence-electron chi connectivity index (χ2n) is 4.81. The van der Waals surface area contributed by atoms with Gasteiger partial charge in [-0.2, -0.15) is 8.78 Å². The first-order valence-electron chi connectivity index (χ1n) is 7.02. The molecular weight excluding hydrogens is 502 g/mol. The Kier molecular flexibility index (Phi) is 9.17. The van der Waals surface area contributed by atoms with E-state index in [4.69, 9.17) is 33.7 Å². The highest BCUT2D eigenvalue weighted by molar-refractivity contribution is 14.0. The van der Waals surface area contributed by atoms with Gasteiger partial charge in [-0.15, -0.1) is 24.0 Å². The zero-order chi connectivity index (χ0) is 18.4. The number of nitrogens with two attached hydrogens (primary N) is 1. The molecular formula is C16H16Cl2F2IN3O2. The molecule has 0 saturated carbocycles. The van der Waals surface area contributed by atoms with Crippen LogP contribution in [-0.2, 0) is 6.54 Å². The Hall–Kier alpha value is -1.52. The van der Waals surface area contributed by atoms with Crippen LogP contribution in [0.25, 0.3) is 0 Å². The van der Waals surface area contributed by atoms with Gasteiger partial charge in [-0.3, -0.25) is 0 Å². The number of rotatable bonds is 6. The van der Waals surface area contributed by atoms with Crippen molar-refractivity contribution >= 4 is 58.8 Å². The molecule has 3 N–H and O–H groups in total. The van der Waals surface area contributed by atoms with Crippen molar-refractivity contribution in [1.29, 1.82) is 0 Å². The minimum atomic E-state index is -3.02. The topological polar surface area (TPSA) is 68.9 Å². The fraction of sp³-hybridized carbons (Fsp3) is 0.188. The van der Waals surface area contributed by atoms with Crippen molar-refractivity contribution in [1.82, 2.24) is 0 Å². The number of alkyl halides is 2. The highest BCUT2D eigenvalue weighted by Gasteiger charge is 2.15. The normalized spacial score (nSPS) is 11.1. The number of hydrogen-bond acceptors (Lipinski definition) is 3. The highest BCUT2D eigenvalue weighted by atomic mass is 127. The molecule has 0 aliphatic rings. The van der Waals surface area contributed by atoms with E-state index in [0.717, 1.165) is 0 Å². The third-order valence-corrected chi connectivity index (χ3v) is 3.55. The van der Waals surface area contributed by atoms with Crippen LogP contribution in [0.5, 0.6) is 11.5 Å². The molecule has 0 fully saturated rings. The van der Waals surface area contributed by atoms with Crippen LogP contribution in [0.1, 0.15) is 5.56 Å². The molecule has 0 spiro atoms. The molecule has 0 radical (unpaired) electrons. The number of guanidine groups is 1. The van der Waals surface area contributed by atoms with Gasteiger partial charge in [-0.25, -0.2) is 4.99 Å². The lowest BCUT2D eigenvalue weighted by atomic mass is 10.2. The summed E-state index contributed by atoms with van der Waals surface area (Å²) in [5.41, 5.74) is 6.76. The maximum Gasteiger partial charge on any atom is 0.387 e. The van der Waals surface area contributed by atoms with E-state index in [0.29, 0.717) is 11.4 Å². The van der Waals surface area contributed by atoms with E-state index in [1.807, 2.05) is 0 Å². The maximum atomic E-state index is 12.5. The Balaban J connectivity index is 0.00000338. The van der Waals surface area contributed by atoms with Gasteiger partial charge in [0.05, 0.1) is 18.7 Å². The summed E-state index contributed by atoms with van der Waals surface area (Å²) in [5.74, 6) is 0.540. The van der Waals surface area contributed by atoms with Crippen molar-refractivity contribution in [2.24, 2.45) is 10.7 Å². The lowest BCUT2D eigenvalue weighted by Gasteiger charge is -2.12. The Morgan fingerprint density at radius 1 is 1.27 bits per heavy atom. The van der Waals surface area contributed by atoms with Gasteiger partial charge in [0.2, 0.25) is 0 Å². The Bertz CT molecular complexity index is 779. The van der Waals surface area contributed by atoms with Crippen molar-refractivity contribution in [2.75, 3.05) is 12.4 Å². The van der Waals surface area contributed by atoms with Crippen molar-refractivity contribution in [3.05, 3.63) is 52.0 Å². The van der Waals surface area contributed by atoms with Gasteiger partial charge in [0, 0.05) is 22.3 Å². The molecule has 0 unspecified atom stereocenters. The van der Waals surface area contributed by atoms with Crippen LogP contribution in [0, 0.1) is 0 Å². The summed E-state index contributed by atoms with van der Waals surface area (Å²) in [6, 6.07) is 9.80. The molecule has 0 aliphatic carbocycles. The Morgan fingerprint density at radius 3 is 2.65 bits per heavy atom. The van der Waals surface area contributed by atoms with Gasteiger partial charge in [0.1, 0.15) is 11.5 Å². The first kappa shape index (κ1) is 22.5. The molecule has 0 amide bonds. The van der Waals surface area contributed by atoms with Crippen LogP contribution in [0.2, 0.25) is 10.0 Å². The molecule has 0 bridgehead atoms. The van der Waals surface area contributed by atoms with Crippen LogP contribution >= 0.6 is 47.2 Å². The average molecular weight is 518 g/mol. The summed E-state index contributed by atoms with van der Waals surface area (Å²) < 4.78 is 34.6. The van der Waals surface area contributed by atoms with E-state index in [1.165, 1.54) is 12.1 Å². The molecule has 2 aromatic carbocycles. The minimum absolute atomic E-state index is 0. The van der Waals surface area contributed by atoms with Gasteiger partial charge in [-0.05, 0) is 24.3 Å². The first-order chi connectivity index (χ1) is 11.9. The molecule has 5 nitrogen and oxygen atoms in total. The van der Waals surface area contributed by atoms with E-state index in [9.17, 15) is 8.78 Å². The number of methoxy groups -OCH3 is 1. The second kappa shape index (κ2) is 10.6. The van der Waals surface area contributed by atoms with Crippen LogP contribution in [0.4, 0.5) is 14.5 Å². The molecule has 2 aromatic rings. The largest absolute Gasteiger partial charge is 0.497 e. The lowest BCUT2D eigenvalue weighted by Crippen LogP contribution is -2.22. The molecule has 2 rings (SSSR count). The van der Waals surface area contributed by atoms with Crippen LogP contribution in [-0.4, -0.2) is 19.7 Å². The SMILES string of the molecule is COc1cccc(NC(N)=NCc2cc(Cl)cc(Cl)c2OC(F)F)c1.I. The van der Waals surface area contributed by atoms with Crippen LogP contribution in [0.15, 0.2) is 41.4 Å². The standard InChI is InChI=1S/C16H15Cl2F2N3O2.HI/c1-24-12-4-2-3-11(7-12)23-16(21)22-8-9-5-10(17)6-13(18)14(9)25-15(19)20;/h2-7,15H,8H2,1H3,(H3,21,22,23);1H. The van der Waals surface area contributed by atoms with Gasteiger partial charge in [-0.1, -0.05) is 29.3 Å². The molecule has 26 heavy (non-hydrogen) atoms. The molecule has 0 heterocycles. The van der Waals surface area contributed by atoms with E-state index >= 15 is 0 Å². The summed E-state index contributed by atoms with van der Waals surface area (Å²) in [4.78, 5) is 4.10. The summed E-state index contributed by atoms with van der Waals surface area (Å²) in [7, 11) is 1.55. The summed E-state index contributed by atoms with van der Waals surface area (Å²) in [5, 5.41) is 3.11. The molecule has 0 saturated heterocycles. The Labute approximate surface area is 176 Å². The third kappa shape index (κ3) is 6.65. The van der Waals surface area contributed by atoms with E-state index in [2.05, 4.69) is 15.0 Å². The number of anilines is 1. The zero-order valence-electron chi connectivity index (χ0n) is 13.5. The fourth-order valence-electron chi connectivity index (χ4n) is 2.01. The summed E-state index contributed by atoms with van der Waals surface area (Å²) in [6.07, 6.45) is 0. The number of hydrogen-bond donors (Lipinski definition) is 2. The van der Waals surface area contributed by atoms with Crippen molar-refractivity contribution in [3.8, 4) is 11.5 Å². The van der Waals surface area contributed by atoms with Gasteiger partial charge in [0.25, 0.3) is 0 Å². The molecule has 0 atom stereocenters. The Morgan fingerprint density at radius 2 is 2.00 bits per heavy atom. The predicted molar refractivity (Wildman–Crippen MR) is 110 cm³/mol. The first-order valence-corrected chi connectivity index (χ1v) is 7.78. The van der Waals surface area contributed by atoms with Gasteiger partial charge < -0.3 is 20.5 Å². The van der Waals surface area contributed by atoms with E-state index < -0.39 is 6.61 Å². The molecule has 0 aromatic heterocycles. The van der Waals surface area contributed by atoms with E-state index in [-0.39, 0.29) is 57.8 Å². The van der Waals surface area contributed by atoms with E-state index in [1.54, 1.807) is 31.4 Å². The van der Waals surface area contributed by atoms with Crippen LogP contribution in [0.3, 0.4) is 0 Å². The molecule has 10 heteroatoms. The molecule has 142 valence electrons. The number of nitrogens with one attached hydrogen (secondary N) is 1. The smallest absolute Gasteiger partial charge is 0.387 e. The van der Waals surface area contributed by atoms with Crippen molar-refractivity contribution in [2.45, 2.75) is 13.2 Å². The lowest BCUT2D eigenvalue weighted by molar-refractivity contribution is -0.0503. The van der Waals surface area contributed by atoms with Crippen molar-refractivity contribution < 1.29 is 18.3 Å². The summed E-state index contributed by atoms with van der Waals surface area (Å²) >= 11 is 11.8. The van der Waals surface area contributed by atoms with Gasteiger partial charge >= 0.3 is 6.61 Å². The number of benzene rings is 2. The summed E-state index contributed by atoms with van der Waals surface area (Å²) in [6.45, 7) is -3.07. The average Bonchev–Trinajstić information content (AvgIpc) is 2.55. The van der Waals surface area contributed by atoms with Crippen molar-refractivity contribution in [3.63, 3.8) is 0 Å². The minimum Gasteiger partial charge on any atom is -0.497 e. The predicted octanol–water partition coefficient (Wildman–Crippen LogP) is 5.15. The number of ether oxygens (including phenoxy) is 2. The maximum absolute atomic E-state index is 12.5. The zero-order valence-corrected chi connectivity index (χ0v) is 17.4. The quantitative estimate of drug-likeness (QED) is 0.316. The molecule has 0 aliphatic heterocycles. The van der Waals surface area contributed by atoms with Gasteiger partial charge in [0.15, 0.2) is 5.96 Å². The highest BCUT2D eigenvalue weighted by Crippen LogP contribution is 2.34. The third-order valence-electron chi connectivity index (χ3n) is 3.05. The fourth-order valence-corrected chi connectivity index (χ4v) is 2.59. The monoisotopic (exact) mass is 517 g/mol. The number of halogens is 5. The number of nitrogens with zero attached hydrogens (tertiary/aromatic N) is 1. The van der Waals surface area contributed by atoms with Crippen LogP contribution < -0.4 is 20.5 Å². The number of aliphatic imine (C=N–C) groups is 1. The second-order valence-corrected chi connectivity index (χ2v) is 5.66.